The van der Waals surface area contributed by atoms with E-state index < -0.39 is 0 Å². The highest BCUT2D eigenvalue weighted by Crippen LogP contribution is 2.34. The van der Waals surface area contributed by atoms with E-state index in [1.807, 2.05) is 7.05 Å². The molecule has 0 radical (unpaired) electrons. The molecule has 3 rings (SSSR count). The summed E-state index contributed by atoms with van der Waals surface area (Å²) in [6, 6.07) is 11.6. The quantitative estimate of drug-likeness (QED) is 0.368. The van der Waals surface area contributed by atoms with Crippen LogP contribution in [0.3, 0.4) is 0 Å². The number of guanidine groups is 1. The predicted octanol–water partition coefficient (Wildman–Crippen LogP) is 3.41. The lowest BCUT2D eigenvalue weighted by Crippen LogP contribution is -2.43. The SMILES string of the molecule is CN=C(NCCN(CC1CC1)C1CC1)NC(C)c1ccccc1.I. The van der Waals surface area contributed by atoms with Crippen molar-refractivity contribution in [2.75, 3.05) is 26.7 Å². The number of hydrogen-bond donors (Lipinski definition) is 2. The minimum absolute atomic E-state index is 0. The second-order valence-corrected chi connectivity index (χ2v) is 6.95. The molecular formula is C19H31IN4. The molecule has 2 aliphatic rings. The van der Waals surface area contributed by atoms with E-state index in [9.17, 15) is 0 Å². The number of nitrogens with zero attached hydrogens (tertiary/aromatic N) is 2. The zero-order valence-electron chi connectivity index (χ0n) is 14.9. The summed E-state index contributed by atoms with van der Waals surface area (Å²) in [7, 11) is 1.84. The van der Waals surface area contributed by atoms with Gasteiger partial charge < -0.3 is 10.6 Å². The summed E-state index contributed by atoms with van der Waals surface area (Å²) < 4.78 is 0. The van der Waals surface area contributed by atoms with Crippen molar-refractivity contribution in [1.82, 2.24) is 15.5 Å². The first-order valence-corrected chi connectivity index (χ1v) is 9.02. The largest absolute Gasteiger partial charge is 0.355 e. The zero-order valence-corrected chi connectivity index (χ0v) is 17.2. The molecule has 5 heteroatoms. The number of rotatable bonds is 8. The van der Waals surface area contributed by atoms with Crippen LogP contribution < -0.4 is 10.6 Å². The summed E-state index contributed by atoms with van der Waals surface area (Å²) >= 11 is 0. The number of hydrogen-bond acceptors (Lipinski definition) is 2. The summed E-state index contributed by atoms with van der Waals surface area (Å²) in [5, 5.41) is 6.95. The van der Waals surface area contributed by atoms with E-state index >= 15 is 0 Å². The second kappa shape index (κ2) is 9.61. The Balaban J connectivity index is 0.00000208. The van der Waals surface area contributed by atoms with Gasteiger partial charge in [0.25, 0.3) is 0 Å². The van der Waals surface area contributed by atoms with Gasteiger partial charge in [-0.15, -0.1) is 24.0 Å². The van der Waals surface area contributed by atoms with E-state index in [2.05, 4.69) is 57.8 Å². The first-order chi connectivity index (χ1) is 11.3. The van der Waals surface area contributed by atoms with Gasteiger partial charge in [-0.2, -0.15) is 0 Å². The van der Waals surface area contributed by atoms with Crippen molar-refractivity contribution < 1.29 is 0 Å². The third-order valence-corrected chi connectivity index (χ3v) is 4.82. The normalized spacial score (nSPS) is 18.9. The Kier molecular flexibility index (Phi) is 7.81. The van der Waals surface area contributed by atoms with Crippen molar-refractivity contribution in [2.45, 2.75) is 44.7 Å². The lowest BCUT2D eigenvalue weighted by atomic mass is 10.1. The molecule has 0 aliphatic heterocycles. The van der Waals surface area contributed by atoms with Crippen molar-refractivity contribution in [3.8, 4) is 0 Å². The molecule has 4 nitrogen and oxygen atoms in total. The number of halogens is 1. The van der Waals surface area contributed by atoms with E-state index in [0.29, 0.717) is 0 Å². The first-order valence-electron chi connectivity index (χ1n) is 9.02. The molecule has 2 saturated carbocycles. The zero-order chi connectivity index (χ0) is 16.1. The summed E-state index contributed by atoms with van der Waals surface area (Å²) in [4.78, 5) is 7.04. The second-order valence-electron chi connectivity index (χ2n) is 6.95. The minimum Gasteiger partial charge on any atom is -0.355 e. The lowest BCUT2D eigenvalue weighted by Gasteiger charge is -2.23. The Labute approximate surface area is 163 Å². The molecular weight excluding hydrogens is 411 g/mol. The van der Waals surface area contributed by atoms with E-state index in [4.69, 9.17) is 0 Å². The molecule has 0 heterocycles. The van der Waals surface area contributed by atoms with Crippen molar-refractivity contribution in [2.24, 2.45) is 10.9 Å². The van der Waals surface area contributed by atoms with Crippen LogP contribution in [0.15, 0.2) is 35.3 Å². The van der Waals surface area contributed by atoms with E-state index in [0.717, 1.165) is 31.0 Å². The van der Waals surface area contributed by atoms with Crippen LogP contribution in [0.25, 0.3) is 0 Å². The maximum absolute atomic E-state index is 4.36. The van der Waals surface area contributed by atoms with Gasteiger partial charge in [0.1, 0.15) is 0 Å². The first kappa shape index (κ1) is 19.5. The van der Waals surface area contributed by atoms with Gasteiger partial charge in [0, 0.05) is 32.7 Å². The standard InChI is InChI=1S/C19H30N4.HI/c1-15(17-6-4-3-5-7-17)22-19(20-2)21-12-13-23(18-10-11-18)14-16-8-9-16;/h3-7,15-16,18H,8-14H2,1-2H3,(H2,20,21,22);1H. The van der Waals surface area contributed by atoms with Crippen molar-refractivity contribution in [1.29, 1.82) is 0 Å². The molecule has 1 unspecified atom stereocenters. The van der Waals surface area contributed by atoms with Crippen LogP contribution in [0, 0.1) is 5.92 Å². The van der Waals surface area contributed by atoms with Crippen molar-refractivity contribution in [3.63, 3.8) is 0 Å². The highest BCUT2D eigenvalue weighted by atomic mass is 127. The van der Waals surface area contributed by atoms with Gasteiger partial charge in [-0.25, -0.2) is 0 Å². The molecule has 134 valence electrons. The third-order valence-electron chi connectivity index (χ3n) is 4.82. The molecule has 0 saturated heterocycles. The predicted molar refractivity (Wildman–Crippen MR) is 112 cm³/mol. The Morgan fingerprint density at radius 2 is 1.92 bits per heavy atom. The van der Waals surface area contributed by atoms with Crippen LogP contribution in [-0.2, 0) is 0 Å². The fourth-order valence-corrected chi connectivity index (χ4v) is 3.04. The topological polar surface area (TPSA) is 39.7 Å². The highest BCUT2D eigenvalue weighted by Gasteiger charge is 2.33. The summed E-state index contributed by atoms with van der Waals surface area (Å²) in [6.45, 7) is 5.57. The van der Waals surface area contributed by atoms with Gasteiger partial charge in [0.2, 0.25) is 0 Å². The van der Waals surface area contributed by atoms with E-state index in [1.165, 1.54) is 37.8 Å². The molecule has 24 heavy (non-hydrogen) atoms. The van der Waals surface area contributed by atoms with Gasteiger partial charge in [0.15, 0.2) is 5.96 Å². The van der Waals surface area contributed by atoms with Crippen LogP contribution in [0.5, 0.6) is 0 Å². The third kappa shape index (κ3) is 6.24. The molecule has 0 aromatic heterocycles. The van der Waals surface area contributed by atoms with Crippen LogP contribution in [0.1, 0.15) is 44.2 Å². The molecule has 1 aromatic rings. The number of aliphatic imine (C=N–C) groups is 1. The Hall–Kier alpha value is -0.820. The molecule has 0 bridgehead atoms. The maximum atomic E-state index is 4.36. The minimum atomic E-state index is 0. The Morgan fingerprint density at radius 3 is 2.50 bits per heavy atom. The monoisotopic (exact) mass is 442 g/mol. The Bertz CT molecular complexity index is 511. The molecule has 1 atom stereocenters. The fraction of sp³-hybridized carbons (Fsp3) is 0.632. The molecule has 1 aromatic carbocycles. The van der Waals surface area contributed by atoms with Crippen LogP contribution in [-0.4, -0.2) is 43.6 Å². The van der Waals surface area contributed by atoms with E-state index in [1.54, 1.807) is 0 Å². The number of nitrogens with one attached hydrogen (secondary N) is 2. The highest BCUT2D eigenvalue weighted by molar-refractivity contribution is 14.0. The van der Waals surface area contributed by atoms with Crippen LogP contribution in [0.4, 0.5) is 0 Å². The van der Waals surface area contributed by atoms with Gasteiger partial charge in [-0.05, 0) is 44.1 Å². The maximum Gasteiger partial charge on any atom is 0.191 e. The smallest absolute Gasteiger partial charge is 0.191 e. The van der Waals surface area contributed by atoms with Gasteiger partial charge >= 0.3 is 0 Å². The van der Waals surface area contributed by atoms with Crippen molar-refractivity contribution in [3.05, 3.63) is 35.9 Å². The summed E-state index contributed by atoms with van der Waals surface area (Å²) in [6.07, 6.45) is 5.67. The molecule has 0 spiro atoms. The molecule has 2 fully saturated rings. The van der Waals surface area contributed by atoms with Crippen LogP contribution >= 0.6 is 24.0 Å². The number of benzene rings is 1. The average Bonchev–Trinajstić information content (AvgIpc) is 3.47. The lowest BCUT2D eigenvalue weighted by molar-refractivity contribution is 0.256. The average molecular weight is 442 g/mol. The van der Waals surface area contributed by atoms with Gasteiger partial charge in [-0.3, -0.25) is 9.89 Å². The van der Waals surface area contributed by atoms with Crippen molar-refractivity contribution >= 4 is 29.9 Å². The summed E-state index contributed by atoms with van der Waals surface area (Å²) in [5.41, 5.74) is 1.28. The fourth-order valence-electron chi connectivity index (χ4n) is 3.04. The van der Waals surface area contributed by atoms with Gasteiger partial charge in [-0.1, -0.05) is 30.3 Å². The Morgan fingerprint density at radius 1 is 1.21 bits per heavy atom. The molecule has 2 aliphatic carbocycles. The van der Waals surface area contributed by atoms with Crippen LogP contribution in [0.2, 0.25) is 0 Å². The molecule has 2 N–H and O–H groups in total. The van der Waals surface area contributed by atoms with Gasteiger partial charge in [0.05, 0.1) is 6.04 Å². The van der Waals surface area contributed by atoms with E-state index in [-0.39, 0.29) is 30.0 Å². The summed E-state index contributed by atoms with van der Waals surface area (Å²) in [5.74, 6) is 1.87. The molecule has 0 amide bonds.